The number of nitrogens with one attached hydrogen (secondary N) is 1. The molecule has 0 spiro atoms. The molecule has 1 aliphatic heterocycles. The first-order valence-corrected chi connectivity index (χ1v) is 8.25. The second-order valence-corrected chi connectivity index (χ2v) is 6.11. The average molecular weight is 345 g/mol. The Bertz CT molecular complexity index is 803. The van der Waals surface area contributed by atoms with Crippen LogP contribution < -0.4 is 5.32 Å². The van der Waals surface area contributed by atoms with Gasteiger partial charge in [0.05, 0.1) is 12.8 Å². The minimum Gasteiger partial charge on any atom is -0.461 e. The Morgan fingerprint density at radius 3 is 3.00 bits per heavy atom. The van der Waals surface area contributed by atoms with E-state index in [2.05, 4.69) is 26.4 Å². The Balaban J connectivity index is 1.55. The molecule has 3 aromatic rings. The van der Waals surface area contributed by atoms with Crippen molar-refractivity contribution in [2.75, 3.05) is 19.6 Å². The predicted molar refractivity (Wildman–Crippen MR) is 89.5 cm³/mol. The van der Waals surface area contributed by atoms with E-state index in [1.54, 1.807) is 12.3 Å². The van der Waals surface area contributed by atoms with Crippen LogP contribution in [0.5, 0.6) is 0 Å². The average Bonchev–Trinajstić information content (AvgIpc) is 3.27. The van der Waals surface area contributed by atoms with E-state index in [0.29, 0.717) is 24.0 Å². The second-order valence-electron chi connectivity index (χ2n) is 5.70. The van der Waals surface area contributed by atoms with E-state index in [1.807, 2.05) is 24.3 Å². The molecule has 0 amide bonds. The topological polar surface area (TPSA) is 67.3 Å². The molecule has 7 heteroatoms. The van der Waals surface area contributed by atoms with Crippen molar-refractivity contribution in [3.63, 3.8) is 0 Å². The Kier molecular flexibility index (Phi) is 4.34. The summed E-state index contributed by atoms with van der Waals surface area (Å²) < 4.78 is 10.7. The zero-order chi connectivity index (χ0) is 16.4. The van der Waals surface area contributed by atoms with Gasteiger partial charge in [0.2, 0.25) is 11.7 Å². The van der Waals surface area contributed by atoms with Crippen LogP contribution in [0.2, 0.25) is 5.02 Å². The van der Waals surface area contributed by atoms with E-state index < -0.39 is 0 Å². The number of nitrogens with zero attached hydrogens (tertiary/aromatic N) is 3. The molecule has 1 atom stereocenters. The van der Waals surface area contributed by atoms with Crippen molar-refractivity contribution in [3.05, 3.63) is 59.1 Å². The molecule has 0 saturated carbocycles. The molecule has 1 unspecified atom stereocenters. The highest BCUT2D eigenvalue weighted by atomic mass is 35.5. The van der Waals surface area contributed by atoms with Crippen molar-refractivity contribution in [2.45, 2.75) is 12.6 Å². The fraction of sp³-hybridized carbons (Fsp3) is 0.294. The molecule has 2 aromatic heterocycles. The SMILES string of the molecule is Clc1ccccc1C1CNCCN1Cc1nc(-c2ccco2)no1. The molecule has 6 nitrogen and oxygen atoms in total. The Morgan fingerprint density at radius 1 is 1.25 bits per heavy atom. The summed E-state index contributed by atoms with van der Waals surface area (Å²) in [6.45, 7) is 3.21. The lowest BCUT2D eigenvalue weighted by molar-refractivity contribution is 0.136. The van der Waals surface area contributed by atoms with Gasteiger partial charge in [-0.3, -0.25) is 4.90 Å². The Hall–Kier alpha value is -2.15. The monoisotopic (exact) mass is 344 g/mol. The van der Waals surface area contributed by atoms with Crippen LogP contribution in [0.4, 0.5) is 0 Å². The zero-order valence-electron chi connectivity index (χ0n) is 13.0. The number of aromatic nitrogens is 2. The van der Waals surface area contributed by atoms with Gasteiger partial charge in [-0.1, -0.05) is 35.0 Å². The lowest BCUT2D eigenvalue weighted by Gasteiger charge is -2.35. The number of hydrogen-bond acceptors (Lipinski definition) is 6. The van der Waals surface area contributed by atoms with E-state index in [9.17, 15) is 0 Å². The van der Waals surface area contributed by atoms with E-state index in [4.69, 9.17) is 20.5 Å². The van der Waals surface area contributed by atoms with Gasteiger partial charge in [-0.05, 0) is 23.8 Å². The van der Waals surface area contributed by atoms with Crippen molar-refractivity contribution in [1.29, 1.82) is 0 Å². The number of piperazine rings is 1. The van der Waals surface area contributed by atoms with Gasteiger partial charge in [0.15, 0.2) is 5.76 Å². The maximum absolute atomic E-state index is 6.38. The first kappa shape index (κ1) is 15.4. The molecule has 24 heavy (non-hydrogen) atoms. The van der Waals surface area contributed by atoms with Crippen molar-refractivity contribution < 1.29 is 8.94 Å². The molecule has 1 saturated heterocycles. The van der Waals surface area contributed by atoms with Crippen LogP contribution in [0.15, 0.2) is 51.6 Å². The van der Waals surface area contributed by atoms with E-state index in [0.717, 1.165) is 30.2 Å². The maximum Gasteiger partial charge on any atom is 0.241 e. The Morgan fingerprint density at radius 2 is 2.17 bits per heavy atom. The third kappa shape index (κ3) is 3.08. The van der Waals surface area contributed by atoms with Gasteiger partial charge in [-0.15, -0.1) is 0 Å². The van der Waals surface area contributed by atoms with Crippen molar-refractivity contribution in [1.82, 2.24) is 20.4 Å². The van der Waals surface area contributed by atoms with Gasteiger partial charge in [0, 0.05) is 30.7 Å². The van der Waals surface area contributed by atoms with Gasteiger partial charge in [0.25, 0.3) is 0 Å². The molecule has 124 valence electrons. The third-order valence-electron chi connectivity index (χ3n) is 4.17. The van der Waals surface area contributed by atoms with Crippen LogP contribution in [-0.2, 0) is 6.54 Å². The van der Waals surface area contributed by atoms with E-state index in [1.165, 1.54) is 0 Å². The number of hydrogen-bond donors (Lipinski definition) is 1. The first-order chi connectivity index (χ1) is 11.8. The fourth-order valence-corrected chi connectivity index (χ4v) is 3.25. The van der Waals surface area contributed by atoms with Crippen LogP contribution in [0, 0.1) is 0 Å². The van der Waals surface area contributed by atoms with Crippen LogP contribution in [0.1, 0.15) is 17.5 Å². The van der Waals surface area contributed by atoms with Crippen LogP contribution >= 0.6 is 11.6 Å². The van der Waals surface area contributed by atoms with Gasteiger partial charge in [-0.2, -0.15) is 4.98 Å². The molecule has 1 aliphatic rings. The van der Waals surface area contributed by atoms with E-state index >= 15 is 0 Å². The summed E-state index contributed by atoms with van der Waals surface area (Å²) in [5.74, 6) is 1.65. The highest BCUT2D eigenvalue weighted by Gasteiger charge is 2.27. The summed E-state index contributed by atoms with van der Waals surface area (Å²) in [5, 5.41) is 8.19. The molecule has 4 rings (SSSR count). The number of benzene rings is 1. The van der Waals surface area contributed by atoms with Gasteiger partial charge >= 0.3 is 0 Å². The molecule has 0 bridgehead atoms. The van der Waals surface area contributed by atoms with Crippen molar-refractivity contribution in [2.24, 2.45) is 0 Å². The summed E-state index contributed by atoms with van der Waals surface area (Å²) in [7, 11) is 0. The van der Waals surface area contributed by atoms with Crippen LogP contribution in [-0.4, -0.2) is 34.7 Å². The first-order valence-electron chi connectivity index (χ1n) is 7.87. The maximum atomic E-state index is 6.38. The largest absolute Gasteiger partial charge is 0.461 e. The van der Waals surface area contributed by atoms with Crippen LogP contribution in [0.25, 0.3) is 11.6 Å². The molecular formula is C17H17ClN4O2. The van der Waals surface area contributed by atoms with Crippen molar-refractivity contribution in [3.8, 4) is 11.6 Å². The summed E-state index contributed by atoms with van der Waals surface area (Å²) >= 11 is 6.38. The number of halogens is 1. The zero-order valence-corrected chi connectivity index (χ0v) is 13.7. The second kappa shape index (κ2) is 6.76. The summed E-state index contributed by atoms with van der Waals surface area (Å²) in [5.41, 5.74) is 1.11. The fourth-order valence-electron chi connectivity index (χ4n) is 2.99. The summed E-state index contributed by atoms with van der Waals surface area (Å²) in [6, 6.07) is 11.7. The highest BCUT2D eigenvalue weighted by molar-refractivity contribution is 6.31. The minimum absolute atomic E-state index is 0.173. The normalized spacial score (nSPS) is 18.8. The highest BCUT2D eigenvalue weighted by Crippen LogP contribution is 2.29. The van der Waals surface area contributed by atoms with E-state index in [-0.39, 0.29) is 6.04 Å². The molecule has 0 aliphatic carbocycles. The lowest BCUT2D eigenvalue weighted by Crippen LogP contribution is -2.45. The quantitative estimate of drug-likeness (QED) is 0.784. The molecule has 0 radical (unpaired) electrons. The number of rotatable bonds is 4. The Labute approximate surface area is 144 Å². The predicted octanol–water partition coefficient (Wildman–Crippen LogP) is 3.13. The van der Waals surface area contributed by atoms with Crippen LogP contribution in [0.3, 0.4) is 0 Å². The lowest BCUT2D eigenvalue weighted by atomic mass is 10.0. The third-order valence-corrected chi connectivity index (χ3v) is 4.51. The van der Waals surface area contributed by atoms with Crippen molar-refractivity contribution >= 4 is 11.6 Å². The summed E-state index contributed by atoms with van der Waals surface area (Å²) in [4.78, 5) is 6.73. The van der Waals surface area contributed by atoms with Gasteiger partial charge in [0.1, 0.15) is 0 Å². The van der Waals surface area contributed by atoms with Gasteiger partial charge < -0.3 is 14.3 Å². The molecular weight excluding hydrogens is 328 g/mol. The van der Waals surface area contributed by atoms with Gasteiger partial charge in [-0.25, -0.2) is 0 Å². The molecule has 1 fully saturated rings. The minimum atomic E-state index is 0.173. The molecule has 3 heterocycles. The smallest absolute Gasteiger partial charge is 0.241 e. The molecule has 1 aromatic carbocycles. The standard InChI is InChI=1S/C17H17ClN4O2/c18-13-5-2-1-4-12(13)14-10-19-7-8-22(14)11-16-20-17(21-24-16)15-6-3-9-23-15/h1-6,9,14,19H,7-8,10-11H2. The molecule has 1 N–H and O–H groups in total. The summed E-state index contributed by atoms with van der Waals surface area (Å²) in [6.07, 6.45) is 1.59. The number of furan rings is 1.